The number of nitrogens with two attached hydrogens (primary N) is 1. The van der Waals surface area contributed by atoms with E-state index >= 15 is 0 Å². The van der Waals surface area contributed by atoms with Crippen molar-refractivity contribution in [2.75, 3.05) is 0 Å². The van der Waals surface area contributed by atoms with E-state index in [1.807, 2.05) is 6.20 Å². The second-order valence-corrected chi connectivity index (χ2v) is 4.84. The monoisotopic (exact) mass is 207 g/mol. The molecule has 0 fully saturated rings. The van der Waals surface area contributed by atoms with Crippen molar-refractivity contribution < 1.29 is 0 Å². The molecule has 2 rings (SSSR count). The Morgan fingerprint density at radius 3 is 2.79 bits per heavy atom. The third kappa shape index (κ3) is 1.58. The van der Waals surface area contributed by atoms with E-state index in [1.165, 1.54) is 15.3 Å². The van der Waals surface area contributed by atoms with Gasteiger partial charge in [0.2, 0.25) is 0 Å². The number of aryl methyl sites for hydroxylation is 2. The lowest BCUT2D eigenvalue weighted by molar-refractivity contribution is 0.870. The highest BCUT2D eigenvalue weighted by molar-refractivity contribution is 7.12. The van der Waals surface area contributed by atoms with Gasteiger partial charge in [0.15, 0.2) is 0 Å². The maximum atomic E-state index is 6.12. The summed E-state index contributed by atoms with van der Waals surface area (Å²) in [6.45, 7) is 4.20. The molecular weight excluding hydrogens is 194 g/mol. The van der Waals surface area contributed by atoms with Gasteiger partial charge >= 0.3 is 0 Å². The second kappa shape index (κ2) is 3.55. The van der Waals surface area contributed by atoms with Crippen LogP contribution in [0.25, 0.3) is 0 Å². The zero-order chi connectivity index (χ0) is 10.1. The molecule has 0 bridgehead atoms. The van der Waals surface area contributed by atoms with Gasteiger partial charge in [0.1, 0.15) is 0 Å². The highest BCUT2D eigenvalue weighted by atomic mass is 32.1. The van der Waals surface area contributed by atoms with Crippen LogP contribution in [-0.2, 0) is 0 Å². The van der Waals surface area contributed by atoms with Crippen molar-refractivity contribution in [1.82, 2.24) is 10.2 Å². The van der Waals surface area contributed by atoms with Gasteiger partial charge in [-0.3, -0.25) is 5.10 Å². The molecule has 0 aliphatic rings. The van der Waals surface area contributed by atoms with Crippen LogP contribution < -0.4 is 5.73 Å². The van der Waals surface area contributed by atoms with Crippen molar-refractivity contribution in [3.05, 3.63) is 39.3 Å². The summed E-state index contributed by atoms with van der Waals surface area (Å²) in [5, 5.41) is 6.68. The highest BCUT2D eigenvalue weighted by Gasteiger charge is 2.14. The fourth-order valence-electron chi connectivity index (χ4n) is 1.57. The quantitative estimate of drug-likeness (QED) is 0.792. The molecule has 1 unspecified atom stereocenters. The van der Waals surface area contributed by atoms with Gasteiger partial charge in [-0.05, 0) is 25.5 Å². The number of nitrogens with one attached hydrogen (secondary N) is 1. The minimum Gasteiger partial charge on any atom is -0.320 e. The molecule has 3 nitrogen and oxygen atoms in total. The van der Waals surface area contributed by atoms with Gasteiger partial charge in [0.25, 0.3) is 0 Å². The third-order valence-corrected chi connectivity index (χ3v) is 3.27. The van der Waals surface area contributed by atoms with E-state index < -0.39 is 0 Å². The summed E-state index contributed by atoms with van der Waals surface area (Å²) in [6, 6.07) is 2.09. The van der Waals surface area contributed by atoms with E-state index in [0.717, 1.165) is 5.56 Å². The molecule has 0 spiro atoms. The number of aromatic nitrogens is 2. The van der Waals surface area contributed by atoms with E-state index in [9.17, 15) is 0 Å². The fourth-order valence-corrected chi connectivity index (χ4v) is 2.54. The van der Waals surface area contributed by atoms with Crippen molar-refractivity contribution in [3.8, 4) is 0 Å². The van der Waals surface area contributed by atoms with Crippen LogP contribution in [0.5, 0.6) is 0 Å². The second-order valence-electron chi connectivity index (χ2n) is 3.38. The van der Waals surface area contributed by atoms with Crippen LogP contribution in [0.1, 0.15) is 26.9 Å². The van der Waals surface area contributed by atoms with Gasteiger partial charge in [0.05, 0.1) is 12.2 Å². The van der Waals surface area contributed by atoms with Crippen molar-refractivity contribution in [2.24, 2.45) is 5.73 Å². The highest BCUT2D eigenvalue weighted by Crippen LogP contribution is 2.28. The summed E-state index contributed by atoms with van der Waals surface area (Å²) in [5.74, 6) is 0. The average molecular weight is 207 g/mol. The Morgan fingerprint density at radius 1 is 1.50 bits per heavy atom. The Morgan fingerprint density at radius 2 is 2.29 bits per heavy atom. The van der Waals surface area contributed by atoms with Crippen LogP contribution in [0.2, 0.25) is 0 Å². The lowest BCUT2D eigenvalue weighted by Gasteiger charge is -2.08. The van der Waals surface area contributed by atoms with Crippen molar-refractivity contribution in [3.63, 3.8) is 0 Å². The molecule has 14 heavy (non-hydrogen) atoms. The molecule has 0 aliphatic carbocycles. The predicted octanol–water partition coefficient (Wildman–Crippen LogP) is 2.14. The molecule has 2 aromatic rings. The molecule has 2 heterocycles. The topological polar surface area (TPSA) is 54.7 Å². The van der Waals surface area contributed by atoms with Crippen LogP contribution in [0, 0.1) is 13.8 Å². The first kappa shape index (κ1) is 9.43. The van der Waals surface area contributed by atoms with Crippen molar-refractivity contribution in [1.29, 1.82) is 0 Å². The predicted molar refractivity (Wildman–Crippen MR) is 58.4 cm³/mol. The van der Waals surface area contributed by atoms with Gasteiger partial charge in [-0.25, -0.2) is 0 Å². The third-order valence-electron chi connectivity index (χ3n) is 2.29. The van der Waals surface area contributed by atoms with Crippen LogP contribution in [0.3, 0.4) is 0 Å². The zero-order valence-corrected chi connectivity index (χ0v) is 9.06. The molecule has 2 aromatic heterocycles. The van der Waals surface area contributed by atoms with Crippen molar-refractivity contribution >= 4 is 11.3 Å². The number of thiophene rings is 1. The smallest absolute Gasteiger partial charge is 0.0593 e. The molecule has 0 radical (unpaired) electrons. The standard InChI is InChI=1S/C10H13N3S/c1-6-3-9(7(2)14-6)10(11)8-4-12-13-5-8/h3-5,10H,11H2,1-2H3,(H,12,13). The molecule has 4 heteroatoms. The summed E-state index contributed by atoms with van der Waals surface area (Å²) in [7, 11) is 0. The number of aromatic amines is 1. The average Bonchev–Trinajstić information content (AvgIpc) is 2.73. The van der Waals surface area contributed by atoms with E-state index in [1.54, 1.807) is 17.5 Å². The van der Waals surface area contributed by atoms with Gasteiger partial charge in [0, 0.05) is 21.5 Å². The maximum absolute atomic E-state index is 6.12. The summed E-state index contributed by atoms with van der Waals surface area (Å²) < 4.78 is 0. The molecule has 1 atom stereocenters. The Labute approximate surface area is 87.0 Å². The fraction of sp³-hybridized carbons (Fsp3) is 0.300. The van der Waals surface area contributed by atoms with Gasteiger partial charge in [-0.2, -0.15) is 5.10 Å². The van der Waals surface area contributed by atoms with Gasteiger partial charge in [-0.15, -0.1) is 11.3 Å². The molecule has 0 aliphatic heterocycles. The lowest BCUT2D eigenvalue weighted by Crippen LogP contribution is -2.10. The van der Waals surface area contributed by atoms with E-state index in [2.05, 4.69) is 30.1 Å². The van der Waals surface area contributed by atoms with E-state index in [4.69, 9.17) is 5.73 Å². The lowest BCUT2D eigenvalue weighted by atomic mass is 10.0. The van der Waals surface area contributed by atoms with Crippen molar-refractivity contribution in [2.45, 2.75) is 19.9 Å². The zero-order valence-electron chi connectivity index (χ0n) is 8.24. The molecule has 0 aromatic carbocycles. The summed E-state index contributed by atoms with van der Waals surface area (Å²) in [4.78, 5) is 2.59. The Bertz CT molecular complexity index is 417. The minimum atomic E-state index is -0.0568. The molecule has 3 N–H and O–H groups in total. The van der Waals surface area contributed by atoms with Crippen LogP contribution >= 0.6 is 11.3 Å². The first-order valence-corrected chi connectivity index (χ1v) is 5.31. The van der Waals surface area contributed by atoms with Crippen LogP contribution in [0.4, 0.5) is 0 Å². The minimum absolute atomic E-state index is 0.0568. The van der Waals surface area contributed by atoms with Gasteiger partial charge in [-0.1, -0.05) is 0 Å². The number of hydrogen-bond acceptors (Lipinski definition) is 3. The SMILES string of the molecule is Cc1cc(C(N)c2cn[nH]c2)c(C)s1. The first-order valence-electron chi connectivity index (χ1n) is 4.49. The Balaban J connectivity index is 2.36. The number of rotatable bonds is 2. The summed E-state index contributed by atoms with van der Waals surface area (Å²) in [5.41, 5.74) is 8.36. The van der Waals surface area contributed by atoms with Gasteiger partial charge < -0.3 is 5.73 Å². The molecule has 74 valence electrons. The largest absolute Gasteiger partial charge is 0.320 e. The Kier molecular flexibility index (Phi) is 2.39. The molecule has 0 amide bonds. The molecular formula is C10H13N3S. The van der Waals surface area contributed by atoms with Crippen LogP contribution in [0.15, 0.2) is 18.5 Å². The maximum Gasteiger partial charge on any atom is 0.0593 e. The summed E-state index contributed by atoms with van der Waals surface area (Å²) >= 11 is 1.78. The van der Waals surface area contributed by atoms with E-state index in [0.29, 0.717) is 0 Å². The number of nitrogens with zero attached hydrogens (tertiary/aromatic N) is 1. The Hall–Kier alpha value is -1.13. The number of hydrogen-bond donors (Lipinski definition) is 2. The molecule has 0 saturated carbocycles. The van der Waals surface area contributed by atoms with E-state index in [-0.39, 0.29) is 6.04 Å². The number of H-pyrrole nitrogens is 1. The van der Waals surface area contributed by atoms with Crippen LogP contribution in [-0.4, -0.2) is 10.2 Å². The summed E-state index contributed by atoms with van der Waals surface area (Å²) in [6.07, 6.45) is 3.62. The normalized spacial score (nSPS) is 13.1. The molecule has 0 saturated heterocycles. The first-order chi connectivity index (χ1) is 6.68.